The zero-order valence-corrected chi connectivity index (χ0v) is 13.7. The predicted molar refractivity (Wildman–Crippen MR) is 90.4 cm³/mol. The Hall–Kier alpha value is -1.93. The van der Waals surface area contributed by atoms with E-state index in [-0.39, 0.29) is 13.2 Å². The lowest BCUT2D eigenvalue weighted by Gasteiger charge is -2.07. The lowest BCUT2D eigenvalue weighted by atomic mass is 10.1. The molecule has 0 spiro atoms. The number of carbonyl (C=O) groups is 2. The number of hydrogen-bond donors (Lipinski definition) is 2. The Morgan fingerprint density at radius 1 is 1.05 bits per heavy atom. The summed E-state index contributed by atoms with van der Waals surface area (Å²) >= 11 is 2.17. The van der Waals surface area contributed by atoms with Crippen LogP contribution in [0.25, 0.3) is 0 Å². The molecule has 0 aliphatic heterocycles. The van der Waals surface area contributed by atoms with Gasteiger partial charge in [0.1, 0.15) is 0 Å². The smallest absolute Gasteiger partial charge is 0.338 e. The van der Waals surface area contributed by atoms with Gasteiger partial charge < -0.3 is 15.2 Å². The van der Waals surface area contributed by atoms with Gasteiger partial charge in [0.25, 0.3) is 5.91 Å². The number of anilines is 1. The minimum absolute atomic E-state index is 0.0895. The van der Waals surface area contributed by atoms with E-state index in [0.717, 1.165) is 3.57 Å². The number of carbonyl (C=O) groups excluding carboxylic acids is 2. The first-order valence-corrected chi connectivity index (χ1v) is 7.58. The zero-order valence-electron chi connectivity index (χ0n) is 11.6. The average Bonchev–Trinajstić information content (AvgIpc) is 2.55. The second-order valence-corrected chi connectivity index (χ2v) is 5.73. The number of esters is 1. The number of ether oxygens (including phenoxy) is 1. The van der Waals surface area contributed by atoms with Gasteiger partial charge in [-0.05, 0) is 64.6 Å². The van der Waals surface area contributed by atoms with Gasteiger partial charge in [-0.15, -0.1) is 0 Å². The Bertz CT molecular complexity index is 653. The third kappa shape index (κ3) is 4.81. The molecule has 0 aliphatic carbocycles. The predicted octanol–water partition coefficient (Wildman–Crippen LogP) is 2.58. The monoisotopic (exact) mass is 411 g/mol. The van der Waals surface area contributed by atoms with E-state index in [1.807, 2.05) is 12.1 Å². The second-order valence-electron chi connectivity index (χ2n) is 4.49. The van der Waals surface area contributed by atoms with E-state index in [1.54, 1.807) is 36.4 Å². The van der Waals surface area contributed by atoms with E-state index >= 15 is 0 Å². The van der Waals surface area contributed by atoms with Gasteiger partial charge >= 0.3 is 5.97 Å². The van der Waals surface area contributed by atoms with Crippen LogP contribution >= 0.6 is 22.6 Å². The van der Waals surface area contributed by atoms with Crippen LogP contribution in [0.15, 0.2) is 48.5 Å². The molecule has 0 aromatic heterocycles. The van der Waals surface area contributed by atoms with Crippen LogP contribution in [0.2, 0.25) is 0 Å². The van der Waals surface area contributed by atoms with Crippen LogP contribution in [0.4, 0.5) is 5.69 Å². The van der Waals surface area contributed by atoms with Gasteiger partial charge in [-0.25, -0.2) is 4.79 Å². The van der Waals surface area contributed by atoms with E-state index in [0.29, 0.717) is 16.8 Å². The van der Waals surface area contributed by atoms with Crippen molar-refractivity contribution < 1.29 is 19.4 Å². The maximum atomic E-state index is 11.8. The topological polar surface area (TPSA) is 75.6 Å². The molecule has 5 nitrogen and oxygen atoms in total. The largest absolute Gasteiger partial charge is 0.452 e. The van der Waals surface area contributed by atoms with Crippen molar-refractivity contribution in [3.05, 3.63) is 63.2 Å². The molecular formula is C16H14INO4. The SMILES string of the molecule is O=C(COC(=O)c1ccc(CO)cc1)Nc1ccc(I)cc1. The molecule has 2 aromatic carbocycles. The molecule has 2 N–H and O–H groups in total. The van der Waals surface area contributed by atoms with Crippen LogP contribution in [0.1, 0.15) is 15.9 Å². The molecule has 1 amide bonds. The summed E-state index contributed by atoms with van der Waals surface area (Å²) in [5.74, 6) is -0.983. The number of benzene rings is 2. The number of aliphatic hydroxyl groups excluding tert-OH is 1. The molecule has 0 saturated heterocycles. The summed E-state index contributed by atoms with van der Waals surface area (Å²) < 4.78 is 6.01. The zero-order chi connectivity index (χ0) is 15.9. The molecule has 0 unspecified atom stereocenters. The van der Waals surface area contributed by atoms with E-state index in [4.69, 9.17) is 9.84 Å². The standard InChI is InChI=1S/C16H14INO4/c17-13-5-7-14(8-6-13)18-15(20)10-22-16(21)12-3-1-11(9-19)2-4-12/h1-8,19H,9-10H2,(H,18,20). The highest BCUT2D eigenvalue weighted by Gasteiger charge is 2.10. The number of hydrogen-bond acceptors (Lipinski definition) is 4. The minimum atomic E-state index is -0.581. The second kappa shape index (κ2) is 7.90. The van der Waals surface area contributed by atoms with Gasteiger partial charge in [0.05, 0.1) is 12.2 Å². The number of halogens is 1. The molecule has 22 heavy (non-hydrogen) atoms. The lowest BCUT2D eigenvalue weighted by molar-refractivity contribution is -0.119. The van der Waals surface area contributed by atoms with Crippen molar-refractivity contribution >= 4 is 40.2 Å². The van der Waals surface area contributed by atoms with Crippen LogP contribution in [0, 0.1) is 3.57 Å². The Morgan fingerprint density at radius 2 is 1.68 bits per heavy atom. The summed E-state index contributed by atoms with van der Waals surface area (Å²) in [7, 11) is 0. The van der Waals surface area contributed by atoms with Crippen molar-refractivity contribution in [3.8, 4) is 0 Å². The normalized spacial score (nSPS) is 10.1. The molecule has 114 valence electrons. The van der Waals surface area contributed by atoms with Gasteiger partial charge in [-0.2, -0.15) is 0 Å². The van der Waals surface area contributed by atoms with Crippen LogP contribution < -0.4 is 5.32 Å². The van der Waals surface area contributed by atoms with Gasteiger partial charge in [-0.1, -0.05) is 12.1 Å². The van der Waals surface area contributed by atoms with Gasteiger partial charge in [-0.3, -0.25) is 4.79 Å². The molecule has 2 aromatic rings. The highest BCUT2D eigenvalue weighted by Crippen LogP contribution is 2.11. The molecule has 0 saturated carbocycles. The fourth-order valence-electron chi connectivity index (χ4n) is 1.69. The Balaban J connectivity index is 1.84. The Kier molecular flexibility index (Phi) is 5.91. The molecule has 0 radical (unpaired) electrons. The van der Waals surface area contributed by atoms with Crippen LogP contribution in [0.3, 0.4) is 0 Å². The number of rotatable bonds is 5. The van der Waals surface area contributed by atoms with Gasteiger partial charge in [0.15, 0.2) is 6.61 Å². The van der Waals surface area contributed by atoms with Crippen molar-refractivity contribution in [2.24, 2.45) is 0 Å². The maximum Gasteiger partial charge on any atom is 0.338 e. The third-order valence-electron chi connectivity index (χ3n) is 2.83. The first-order chi connectivity index (χ1) is 10.6. The maximum absolute atomic E-state index is 11.8. The summed E-state index contributed by atoms with van der Waals surface area (Å²) in [6.45, 7) is -0.444. The quantitative estimate of drug-likeness (QED) is 0.586. The molecule has 0 bridgehead atoms. The highest BCUT2D eigenvalue weighted by molar-refractivity contribution is 14.1. The van der Waals surface area contributed by atoms with Crippen molar-refractivity contribution in [2.45, 2.75) is 6.61 Å². The van der Waals surface area contributed by atoms with E-state index in [1.165, 1.54) is 0 Å². The van der Waals surface area contributed by atoms with Gasteiger partial charge in [0.2, 0.25) is 0 Å². The molecule has 0 heterocycles. The van der Waals surface area contributed by atoms with E-state index < -0.39 is 11.9 Å². The molecule has 0 atom stereocenters. The van der Waals surface area contributed by atoms with Crippen LogP contribution in [-0.4, -0.2) is 23.6 Å². The Morgan fingerprint density at radius 3 is 2.27 bits per heavy atom. The first-order valence-electron chi connectivity index (χ1n) is 6.51. The minimum Gasteiger partial charge on any atom is -0.452 e. The summed E-state index contributed by atoms with van der Waals surface area (Å²) in [5.41, 5.74) is 1.68. The lowest BCUT2D eigenvalue weighted by Crippen LogP contribution is -2.20. The number of amides is 1. The summed E-state index contributed by atoms with van der Waals surface area (Å²) in [5, 5.41) is 11.6. The first kappa shape index (κ1) is 16.4. The van der Waals surface area contributed by atoms with Gasteiger partial charge in [0, 0.05) is 9.26 Å². The summed E-state index contributed by atoms with van der Waals surface area (Å²) in [4.78, 5) is 23.5. The van der Waals surface area contributed by atoms with E-state index in [2.05, 4.69) is 27.9 Å². The number of nitrogens with one attached hydrogen (secondary N) is 1. The fourth-order valence-corrected chi connectivity index (χ4v) is 2.05. The molecule has 0 aliphatic rings. The highest BCUT2D eigenvalue weighted by atomic mass is 127. The van der Waals surface area contributed by atoms with Crippen molar-refractivity contribution in [1.29, 1.82) is 0 Å². The number of aliphatic hydroxyl groups is 1. The van der Waals surface area contributed by atoms with Crippen molar-refractivity contribution in [3.63, 3.8) is 0 Å². The summed E-state index contributed by atoms with van der Waals surface area (Å²) in [6, 6.07) is 13.6. The fraction of sp³-hybridized carbons (Fsp3) is 0.125. The molecule has 2 rings (SSSR count). The summed E-state index contributed by atoms with van der Waals surface area (Å²) in [6.07, 6.45) is 0. The van der Waals surface area contributed by atoms with Crippen molar-refractivity contribution in [2.75, 3.05) is 11.9 Å². The Labute approximate surface area is 141 Å². The van der Waals surface area contributed by atoms with Crippen LogP contribution in [0.5, 0.6) is 0 Å². The van der Waals surface area contributed by atoms with E-state index in [9.17, 15) is 9.59 Å². The van der Waals surface area contributed by atoms with Crippen molar-refractivity contribution in [1.82, 2.24) is 0 Å². The van der Waals surface area contributed by atoms with Crippen LogP contribution in [-0.2, 0) is 16.1 Å². The average molecular weight is 411 g/mol. The molecule has 6 heteroatoms. The molecule has 0 fully saturated rings. The molecular weight excluding hydrogens is 397 g/mol. The third-order valence-corrected chi connectivity index (χ3v) is 3.55.